The minimum absolute atomic E-state index is 0.192. The zero-order chi connectivity index (χ0) is 20.2. The molecule has 0 unspecified atom stereocenters. The zero-order valence-electron chi connectivity index (χ0n) is 16.2. The van der Waals surface area contributed by atoms with Crippen LogP contribution in [0.2, 0.25) is 0 Å². The van der Waals surface area contributed by atoms with E-state index in [1.54, 1.807) is 12.1 Å². The molecule has 4 aromatic carbocycles. The Kier molecular flexibility index (Phi) is 5.40. The SMILES string of the molecule is CCCc1ccc(-c2ccc(C#Cc3ccc4cc(F)ccc4c3)cc2)c(F)c1. The number of hydrogen-bond donors (Lipinski definition) is 0. The van der Waals surface area contributed by atoms with Gasteiger partial charge in [0, 0.05) is 16.7 Å². The van der Waals surface area contributed by atoms with Gasteiger partial charge >= 0.3 is 0 Å². The van der Waals surface area contributed by atoms with Crippen LogP contribution in [0, 0.1) is 23.5 Å². The summed E-state index contributed by atoms with van der Waals surface area (Å²) in [6.45, 7) is 2.09. The van der Waals surface area contributed by atoms with Crippen molar-refractivity contribution in [2.75, 3.05) is 0 Å². The summed E-state index contributed by atoms with van der Waals surface area (Å²) in [4.78, 5) is 0. The fraction of sp³-hybridized carbons (Fsp3) is 0.111. The van der Waals surface area contributed by atoms with Crippen LogP contribution in [0.3, 0.4) is 0 Å². The summed E-state index contributed by atoms with van der Waals surface area (Å²) in [6.07, 6.45) is 1.88. The predicted molar refractivity (Wildman–Crippen MR) is 116 cm³/mol. The molecule has 0 aliphatic carbocycles. The van der Waals surface area contributed by atoms with Crippen LogP contribution < -0.4 is 0 Å². The maximum atomic E-state index is 14.4. The van der Waals surface area contributed by atoms with Crippen molar-refractivity contribution in [3.05, 3.63) is 107 Å². The Labute approximate surface area is 169 Å². The Balaban J connectivity index is 1.56. The topological polar surface area (TPSA) is 0 Å². The van der Waals surface area contributed by atoms with Crippen LogP contribution in [0.5, 0.6) is 0 Å². The fourth-order valence-electron chi connectivity index (χ4n) is 3.41. The predicted octanol–water partition coefficient (Wildman–Crippen LogP) is 7.14. The summed E-state index contributed by atoms with van der Waals surface area (Å²) >= 11 is 0. The van der Waals surface area contributed by atoms with E-state index in [1.807, 2.05) is 54.6 Å². The molecule has 0 aliphatic rings. The monoisotopic (exact) mass is 382 g/mol. The molecule has 0 nitrogen and oxygen atoms in total. The normalized spacial score (nSPS) is 10.6. The first-order valence-electron chi connectivity index (χ1n) is 9.72. The van der Waals surface area contributed by atoms with Crippen LogP contribution in [-0.2, 0) is 6.42 Å². The quantitative estimate of drug-likeness (QED) is 0.330. The van der Waals surface area contributed by atoms with Gasteiger partial charge in [0.2, 0.25) is 0 Å². The molecule has 0 atom stereocenters. The number of hydrogen-bond acceptors (Lipinski definition) is 0. The number of halogens is 2. The van der Waals surface area contributed by atoms with Gasteiger partial charge in [-0.25, -0.2) is 8.78 Å². The first kappa shape index (κ1) is 18.9. The zero-order valence-corrected chi connectivity index (χ0v) is 16.2. The lowest BCUT2D eigenvalue weighted by molar-refractivity contribution is 0.628. The van der Waals surface area contributed by atoms with E-state index in [-0.39, 0.29) is 11.6 Å². The summed E-state index contributed by atoms with van der Waals surface area (Å²) in [5.41, 5.74) is 4.19. The third-order valence-electron chi connectivity index (χ3n) is 4.92. The van der Waals surface area contributed by atoms with Crippen molar-refractivity contribution in [3.63, 3.8) is 0 Å². The van der Waals surface area contributed by atoms with Gasteiger partial charge in [0.25, 0.3) is 0 Å². The van der Waals surface area contributed by atoms with E-state index in [2.05, 4.69) is 18.8 Å². The Bertz CT molecular complexity index is 1230. The standard InChI is InChI=1S/C27H20F2/c1-2-3-20-9-15-26(27(29)17-20)22-10-6-19(7-11-22)4-5-21-8-12-24-18-25(28)14-13-23(24)16-21/h6-18H,2-3H2,1H3. The van der Waals surface area contributed by atoms with Gasteiger partial charge in [-0.1, -0.05) is 61.6 Å². The summed E-state index contributed by atoms with van der Waals surface area (Å²) in [6, 6.07) is 23.5. The van der Waals surface area contributed by atoms with E-state index in [9.17, 15) is 8.78 Å². The molecule has 4 rings (SSSR count). The summed E-state index contributed by atoms with van der Waals surface area (Å²) < 4.78 is 27.7. The molecule has 0 saturated heterocycles. The molecule has 0 amide bonds. The fourth-order valence-corrected chi connectivity index (χ4v) is 3.41. The molecule has 29 heavy (non-hydrogen) atoms. The van der Waals surface area contributed by atoms with E-state index in [4.69, 9.17) is 0 Å². The molecule has 0 radical (unpaired) electrons. The van der Waals surface area contributed by atoms with Crippen molar-refractivity contribution in [2.45, 2.75) is 19.8 Å². The van der Waals surface area contributed by atoms with Gasteiger partial charge in [-0.05, 0) is 70.8 Å². The second-order valence-corrected chi connectivity index (χ2v) is 7.10. The molecule has 2 heteroatoms. The highest BCUT2D eigenvalue weighted by Gasteiger charge is 2.06. The lowest BCUT2D eigenvalue weighted by Gasteiger charge is -2.06. The highest BCUT2D eigenvalue weighted by molar-refractivity contribution is 5.84. The van der Waals surface area contributed by atoms with Gasteiger partial charge in [0.15, 0.2) is 0 Å². The van der Waals surface area contributed by atoms with Gasteiger partial charge in [-0.15, -0.1) is 0 Å². The average Bonchev–Trinajstić information content (AvgIpc) is 2.73. The minimum atomic E-state index is -0.243. The lowest BCUT2D eigenvalue weighted by atomic mass is 10.0. The second kappa shape index (κ2) is 8.29. The van der Waals surface area contributed by atoms with Gasteiger partial charge in [0.1, 0.15) is 11.6 Å². The summed E-state index contributed by atoms with van der Waals surface area (Å²) in [5.74, 6) is 5.85. The lowest BCUT2D eigenvalue weighted by Crippen LogP contribution is -1.89. The molecular formula is C27H20F2. The summed E-state index contributed by atoms with van der Waals surface area (Å²) in [7, 11) is 0. The van der Waals surface area contributed by atoms with E-state index in [0.29, 0.717) is 5.56 Å². The highest BCUT2D eigenvalue weighted by Crippen LogP contribution is 2.24. The molecule has 0 aromatic heterocycles. The highest BCUT2D eigenvalue weighted by atomic mass is 19.1. The minimum Gasteiger partial charge on any atom is -0.207 e. The smallest absolute Gasteiger partial charge is 0.131 e. The number of aryl methyl sites for hydroxylation is 1. The van der Waals surface area contributed by atoms with E-state index in [0.717, 1.165) is 45.9 Å². The molecule has 0 fully saturated rings. The summed E-state index contributed by atoms with van der Waals surface area (Å²) in [5, 5.41) is 1.81. The largest absolute Gasteiger partial charge is 0.207 e. The van der Waals surface area contributed by atoms with Crippen LogP contribution in [0.1, 0.15) is 30.0 Å². The number of rotatable bonds is 3. The van der Waals surface area contributed by atoms with Crippen molar-refractivity contribution >= 4 is 10.8 Å². The van der Waals surface area contributed by atoms with Crippen molar-refractivity contribution in [3.8, 4) is 23.0 Å². The van der Waals surface area contributed by atoms with Crippen LogP contribution in [0.15, 0.2) is 78.9 Å². The Morgan fingerprint density at radius 1 is 0.690 bits per heavy atom. The average molecular weight is 382 g/mol. The molecule has 4 aromatic rings. The Morgan fingerprint density at radius 2 is 1.38 bits per heavy atom. The van der Waals surface area contributed by atoms with Gasteiger partial charge < -0.3 is 0 Å². The van der Waals surface area contributed by atoms with Crippen molar-refractivity contribution in [2.24, 2.45) is 0 Å². The van der Waals surface area contributed by atoms with Crippen LogP contribution in [0.4, 0.5) is 8.78 Å². The number of benzene rings is 4. The first-order valence-corrected chi connectivity index (χ1v) is 9.72. The van der Waals surface area contributed by atoms with E-state index >= 15 is 0 Å². The van der Waals surface area contributed by atoms with Crippen molar-refractivity contribution in [1.82, 2.24) is 0 Å². The Hall–Kier alpha value is -3.44. The van der Waals surface area contributed by atoms with Gasteiger partial charge in [-0.2, -0.15) is 0 Å². The molecule has 0 saturated carbocycles. The first-order chi connectivity index (χ1) is 14.1. The third kappa shape index (κ3) is 4.36. The van der Waals surface area contributed by atoms with E-state index in [1.165, 1.54) is 12.1 Å². The van der Waals surface area contributed by atoms with E-state index < -0.39 is 0 Å². The van der Waals surface area contributed by atoms with Crippen LogP contribution in [-0.4, -0.2) is 0 Å². The molecule has 0 aliphatic heterocycles. The van der Waals surface area contributed by atoms with Gasteiger partial charge in [-0.3, -0.25) is 0 Å². The van der Waals surface area contributed by atoms with Gasteiger partial charge in [0.05, 0.1) is 0 Å². The Morgan fingerprint density at radius 3 is 2.14 bits per heavy atom. The van der Waals surface area contributed by atoms with Crippen LogP contribution >= 0.6 is 0 Å². The third-order valence-corrected chi connectivity index (χ3v) is 4.92. The molecule has 0 bridgehead atoms. The molecular weight excluding hydrogens is 362 g/mol. The molecule has 142 valence electrons. The van der Waals surface area contributed by atoms with Crippen molar-refractivity contribution < 1.29 is 8.78 Å². The van der Waals surface area contributed by atoms with Crippen LogP contribution in [0.25, 0.3) is 21.9 Å². The molecule has 0 N–H and O–H groups in total. The van der Waals surface area contributed by atoms with Crippen molar-refractivity contribution in [1.29, 1.82) is 0 Å². The maximum absolute atomic E-state index is 14.4. The molecule has 0 heterocycles. The maximum Gasteiger partial charge on any atom is 0.131 e. The molecule has 0 spiro atoms. The second-order valence-electron chi connectivity index (χ2n) is 7.10. The number of fused-ring (bicyclic) bond motifs is 1.